The van der Waals surface area contributed by atoms with Crippen molar-refractivity contribution >= 4 is 15.7 Å². The Balaban J connectivity index is 2.45. The van der Waals surface area contributed by atoms with Crippen LogP contribution in [-0.4, -0.2) is 42.8 Å². The van der Waals surface area contributed by atoms with Crippen LogP contribution < -0.4 is 5.32 Å². The van der Waals surface area contributed by atoms with E-state index in [0.29, 0.717) is 13.1 Å². The Morgan fingerprint density at radius 2 is 1.86 bits per heavy atom. The third kappa shape index (κ3) is 3.07. The van der Waals surface area contributed by atoms with Gasteiger partial charge in [-0.15, -0.1) is 0 Å². The van der Waals surface area contributed by atoms with E-state index < -0.39 is 14.9 Å². The minimum atomic E-state index is -3.73. The van der Waals surface area contributed by atoms with Gasteiger partial charge in [0, 0.05) is 36.8 Å². The average Bonchev–Trinajstić information content (AvgIpc) is 2.37. The van der Waals surface area contributed by atoms with Crippen LogP contribution in [0.25, 0.3) is 0 Å². The van der Waals surface area contributed by atoms with Crippen LogP contribution in [0, 0.1) is 17.0 Å². The van der Waals surface area contributed by atoms with Crippen LogP contribution in [0.15, 0.2) is 23.1 Å². The number of sulfonamides is 1. The van der Waals surface area contributed by atoms with Gasteiger partial charge < -0.3 is 5.32 Å². The molecule has 1 aliphatic rings. The molecule has 1 N–H and O–H groups in total. The molecule has 21 heavy (non-hydrogen) atoms. The first kappa shape index (κ1) is 15.9. The molecule has 1 fully saturated rings. The first-order valence-electron chi connectivity index (χ1n) is 6.73. The standard InChI is InChI=1S/C13H19N3O4S/c1-9-7-15(8-10(2)14-9)21(19,20)13-6-4-5-12(11(13)3)16(17)18/h4-6,9-10,14H,7-8H2,1-3H3. The van der Waals surface area contributed by atoms with Crippen LogP contribution in [0.3, 0.4) is 0 Å². The minimum absolute atomic E-state index is 0.0120. The molecule has 116 valence electrons. The summed E-state index contributed by atoms with van der Waals surface area (Å²) in [7, 11) is -3.73. The summed E-state index contributed by atoms with van der Waals surface area (Å²) in [5, 5.41) is 14.2. The predicted octanol–water partition coefficient (Wildman–Crippen LogP) is 1.27. The fourth-order valence-corrected chi connectivity index (χ4v) is 4.55. The van der Waals surface area contributed by atoms with E-state index in [-0.39, 0.29) is 28.2 Å². The third-order valence-electron chi connectivity index (χ3n) is 3.59. The zero-order valence-corrected chi connectivity index (χ0v) is 13.1. The maximum Gasteiger partial charge on any atom is 0.273 e. The lowest BCUT2D eigenvalue weighted by Gasteiger charge is -2.35. The number of hydrogen-bond donors (Lipinski definition) is 1. The van der Waals surface area contributed by atoms with E-state index in [1.165, 1.54) is 29.4 Å². The van der Waals surface area contributed by atoms with E-state index in [9.17, 15) is 18.5 Å². The summed E-state index contributed by atoms with van der Waals surface area (Å²) in [4.78, 5) is 10.4. The number of hydrogen-bond acceptors (Lipinski definition) is 5. The largest absolute Gasteiger partial charge is 0.309 e. The van der Waals surface area contributed by atoms with Gasteiger partial charge in [0.05, 0.1) is 9.82 Å². The highest BCUT2D eigenvalue weighted by Crippen LogP contribution is 2.28. The number of piperazine rings is 1. The quantitative estimate of drug-likeness (QED) is 0.670. The maximum atomic E-state index is 12.7. The summed E-state index contributed by atoms with van der Waals surface area (Å²) in [5.41, 5.74) is 0.00800. The van der Waals surface area contributed by atoms with E-state index in [0.717, 1.165) is 0 Å². The molecule has 0 bridgehead atoms. The number of rotatable bonds is 3. The summed E-state index contributed by atoms with van der Waals surface area (Å²) in [6, 6.07) is 4.24. The molecule has 2 unspecified atom stereocenters. The SMILES string of the molecule is Cc1c([N+](=O)[O-])cccc1S(=O)(=O)N1CC(C)NC(C)C1. The summed E-state index contributed by atoms with van der Waals surface area (Å²) in [6.07, 6.45) is 0. The van der Waals surface area contributed by atoms with E-state index in [4.69, 9.17) is 0 Å². The molecule has 1 aromatic rings. The van der Waals surface area contributed by atoms with Crippen molar-refractivity contribution in [2.24, 2.45) is 0 Å². The van der Waals surface area contributed by atoms with Crippen molar-refractivity contribution in [2.45, 2.75) is 37.8 Å². The summed E-state index contributed by atoms with van der Waals surface area (Å²) in [6.45, 7) is 6.01. The Labute approximate surface area is 124 Å². The van der Waals surface area contributed by atoms with Crippen molar-refractivity contribution in [1.82, 2.24) is 9.62 Å². The topological polar surface area (TPSA) is 92.5 Å². The normalized spacial score (nSPS) is 24.0. The summed E-state index contributed by atoms with van der Waals surface area (Å²) >= 11 is 0. The second-order valence-electron chi connectivity index (χ2n) is 5.45. The van der Waals surface area contributed by atoms with Crippen LogP contribution in [0.1, 0.15) is 19.4 Å². The Morgan fingerprint density at radius 3 is 2.38 bits per heavy atom. The number of nitrogens with one attached hydrogen (secondary N) is 1. The molecule has 0 saturated carbocycles. The van der Waals surface area contributed by atoms with Crippen molar-refractivity contribution in [3.63, 3.8) is 0 Å². The van der Waals surface area contributed by atoms with Crippen LogP contribution in [0.4, 0.5) is 5.69 Å². The first-order valence-corrected chi connectivity index (χ1v) is 8.17. The molecule has 1 saturated heterocycles. The maximum absolute atomic E-state index is 12.7. The summed E-state index contributed by atoms with van der Waals surface area (Å²) in [5.74, 6) is 0. The molecule has 2 rings (SSSR count). The molecule has 0 radical (unpaired) electrons. The second kappa shape index (κ2) is 5.70. The van der Waals surface area contributed by atoms with Crippen LogP contribution in [-0.2, 0) is 10.0 Å². The third-order valence-corrected chi connectivity index (χ3v) is 5.57. The lowest BCUT2D eigenvalue weighted by molar-refractivity contribution is -0.385. The van der Waals surface area contributed by atoms with Crippen LogP contribution in [0.2, 0.25) is 0 Å². The predicted molar refractivity (Wildman–Crippen MR) is 78.7 cm³/mol. The molecule has 1 aromatic carbocycles. The van der Waals surface area contributed by atoms with Gasteiger partial charge in [0.25, 0.3) is 5.69 Å². The van der Waals surface area contributed by atoms with Crippen molar-refractivity contribution < 1.29 is 13.3 Å². The van der Waals surface area contributed by atoms with E-state index in [1.54, 1.807) is 0 Å². The van der Waals surface area contributed by atoms with Crippen LogP contribution in [0.5, 0.6) is 0 Å². The average molecular weight is 313 g/mol. The van der Waals surface area contributed by atoms with E-state index >= 15 is 0 Å². The molecule has 2 atom stereocenters. The molecule has 7 nitrogen and oxygen atoms in total. The Hall–Kier alpha value is -1.51. The van der Waals surface area contributed by atoms with Crippen molar-refractivity contribution in [3.8, 4) is 0 Å². The van der Waals surface area contributed by atoms with Gasteiger partial charge in [-0.2, -0.15) is 4.31 Å². The molecule has 0 aliphatic carbocycles. The highest BCUT2D eigenvalue weighted by Gasteiger charge is 2.33. The van der Waals surface area contributed by atoms with Crippen molar-refractivity contribution in [3.05, 3.63) is 33.9 Å². The molecule has 1 heterocycles. The molecule has 8 heteroatoms. The van der Waals surface area contributed by atoms with Gasteiger partial charge in [0.1, 0.15) is 0 Å². The number of benzene rings is 1. The van der Waals surface area contributed by atoms with E-state index in [1.807, 2.05) is 13.8 Å². The Bertz CT molecular complexity index is 649. The lowest BCUT2D eigenvalue weighted by atomic mass is 10.2. The van der Waals surface area contributed by atoms with Crippen molar-refractivity contribution in [1.29, 1.82) is 0 Å². The van der Waals surface area contributed by atoms with Gasteiger partial charge in [0.15, 0.2) is 0 Å². The fraction of sp³-hybridized carbons (Fsp3) is 0.538. The second-order valence-corrected chi connectivity index (χ2v) is 7.35. The molecule has 1 aliphatic heterocycles. The molecule has 0 spiro atoms. The van der Waals surface area contributed by atoms with Gasteiger partial charge in [-0.25, -0.2) is 8.42 Å². The van der Waals surface area contributed by atoms with Gasteiger partial charge in [0.2, 0.25) is 10.0 Å². The molecular formula is C13H19N3O4S. The Morgan fingerprint density at radius 1 is 1.29 bits per heavy atom. The number of nitro benzene ring substituents is 1. The molecular weight excluding hydrogens is 294 g/mol. The zero-order chi connectivity index (χ0) is 15.8. The highest BCUT2D eigenvalue weighted by molar-refractivity contribution is 7.89. The number of nitrogens with zero attached hydrogens (tertiary/aromatic N) is 2. The molecule has 0 aromatic heterocycles. The lowest BCUT2D eigenvalue weighted by Crippen LogP contribution is -2.55. The smallest absolute Gasteiger partial charge is 0.273 e. The van der Waals surface area contributed by atoms with Gasteiger partial charge in [-0.1, -0.05) is 6.07 Å². The van der Waals surface area contributed by atoms with Gasteiger partial charge in [-0.05, 0) is 26.8 Å². The van der Waals surface area contributed by atoms with Gasteiger partial charge >= 0.3 is 0 Å². The van der Waals surface area contributed by atoms with Crippen LogP contribution >= 0.6 is 0 Å². The molecule has 0 amide bonds. The Kier molecular flexibility index (Phi) is 4.31. The first-order chi connectivity index (χ1) is 9.73. The minimum Gasteiger partial charge on any atom is -0.309 e. The van der Waals surface area contributed by atoms with Gasteiger partial charge in [-0.3, -0.25) is 10.1 Å². The summed E-state index contributed by atoms with van der Waals surface area (Å²) < 4.78 is 26.9. The fourth-order valence-electron chi connectivity index (χ4n) is 2.69. The number of nitro groups is 1. The highest BCUT2D eigenvalue weighted by atomic mass is 32.2. The van der Waals surface area contributed by atoms with Crippen molar-refractivity contribution in [2.75, 3.05) is 13.1 Å². The van der Waals surface area contributed by atoms with E-state index in [2.05, 4.69) is 5.32 Å². The zero-order valence-electron chi connectivity index (χ0n) is 12.2. The monoisotopic (exact) mass is 313 g/mol.